The monoisotopic (exact) mass is 278 g/mol. The highest BCUT2D eigenvalue weighted by Crippen LogP contribution is 2.34. The number of benzene rings is 1. The van der Waals surface area contributed by atoms with E-state index in [1.807, 2.05) is 0 Å². The highest BCUT2D eigenvalue weighted by molar-refractivity contribution is 7.15. The molecule has 3 nitrogen and oxygen atoms in total. The minimum atomic E-state index is 0.501. The minimum Gasteiger partial charge on any atom is -0.435 e. The van der Waals surface area contributed by atoms with Crippen LogP contribution in [0, 0.1) is 13.8 Å². The molecule has 0 spiro atoms. The lowest BCUT2D eigenvalue weighted by Crippen LogP contribution is -1.84. The number of oxazole rings is 1. The molecular weight excluding hydrogens is 268 g/mol. The molecule has 18 heavy (non-hydrogen) atoms. The van der Waals surface area contributed by atoms with Crippen molar-refractivity contribution in [2.75, 3.05) is 5.73 Å². The van der Waals surface area contributed by atoms with Crippen molar-refractivity contribution < 1.29 is 4.42 Å². The molecule has 0 unspecified atom stereocenters. The zero-order chi connectivity index (χ0) is 12.9. The average Bonchev–Trinajstić information content (AvgIpc) is 2.84. The summed E-state index contributed by atoms with van der Waals surface area (Å²) in [6.45, 7) is 4.16. The second-order valence-electron chi connectivity index (χ2n) is 4.21. The first-order chi connectivity index (χ1) is 8.54. The van der Waals surface area contributed by atoms with Gasteiger partial charge in [0.1, 0.15) is 5.52 Å². The summed E-state index contributed by atoms with van der Waals surface area (Å²) in [6.07, 6.45) is 0. The Bertz CT molecular complexity index is 686. The Hall–Kier alpha value is -1.52. The molecule has 2 aromatic heterocycles. The fourth-order valence-corrected chi connectivity index (χ4v) is 2.87. The summed E-state index contributed by atoms with van der Waals surface area (Å²) in [5.74, 6) is 0.618. The van der Waals surface area contributed by atoms with Gasteiger partial charge in [0.05, 0.1) is 15.6 Å². The zero-order valence-corrected chi connectivity index (χ0v) is 11.5. The van der Waals surface area contributed by atoms with Crippen molar-refractivity contribution in [3.05, 3.63) is 33.7 Å². The van der Waals surface area contributed by atoms with Gasteiger partial charge in [-0.3, -0.25) is 0 Å². The number of hydrogen-bond donors (Lipinski definition) is 1. The van der Waals surface area contributed by atoms with Crippen LogP contribution in [-0.2, 0) is 0 Å². The summed E-state index contributed by atoms with van der Waals surface area (Å²) in [5, 5.41) is 0.501. The van der Waals surface area contributed by atoms with E-state index in [9.17, 15) is 0 Å². The molecule has 1 aromatic carbocycles. The molecule has 0 saturated carbocycles. The molecule has 0 aliphatic heterocycles. The summed E-state index contributed by atoms with van der Waals surface area (Å²) in [6, 6.07) is 5.52. The second kappa shape index (κ2) is 4.00. The van der Waals surface area contributed by atoms with Crippen molar-refractivity contribution in [2.24, 2.45) is 0 Å². The van der Waals surface area contributed by atoms with Gasteiger partial charge in [0, 0.05) is 10.9 Å². The Kier molecular flexibility index (Phi) is 2.57. The lowest BCUT2D eigenvalue weighted by molar-refractivity contribution is 0.622. The maximum absolute atomic E-state index is 5.97. The van der Waals surface area contributed by atoms with E-state index in [0.29, 0.717) is 22.2 Å². The van der Waals surface area contributed by atoms with Crippen LogP contribution in [0.4, 0.5) is 5.69 Å². The number of rotatable bonds is 1. The van der Waals surface area contributed by atoms with Crippen molar-refractivity contribution in [1.82, 2.24) is 4.98 Å². The van der Waals surface area contributed by atoms with E-state index in [1.54, 1.807) is 23.5 Å². The summed E-state index contributed by atoms with van der Waals surface area (Å²) in [5.41, 5.74) is 8.89. The van der Waals surface area contributed by atoms with Crippen LogP contribution in [0.1, 0.15) is 10.4 Å². The van der Waals surface area contributed by atoms with Crippen molar-refractivity contribution >= 4 is 39.7 Å². The summed E-state index contributed by atoms with van der Waals surface area (Å²) < 4.78 is 5.72. The number of aryl methyl sites for hydroxylation is 2. The van der Waals surface area contributed by atoms with E-state index in [4.69, 9.17) is 21.8 Å². The van der Waals surface area contributed by atoms with E-state index in [0.717, 1.165) is 10.4 Å². The number of fused-ring (bicyclic) bond motifs is 1. The molecule has 0 bridgehead atoms. The van der Waals surface area contributed by atoms with Crippen LogP contribution in [0.5, 0.6) is 0 Å². The highest BCUT2D eigenvalue weighted by atomic mass is 35.5. The number of halogens is 1. The predicted molar refractivity (Wildman–Crippen MR) is 76.2 cm³/mol. The lowest BCUT2D eigenvalue weighted by Gasteiger charge is -1.94. The summed E-state index contributed by atoms with van der Waals surface area (Å²) >= 11 is 7.64. The number of anilines is 1. The van der Waals surface area contributed by atoms with Crippen LogP contribution in [0.15, 0.2) is 22.6 Å². The molecule has 2 N–H and O–H groups in total. The van der Waals surface area contributed by atoms with Crippen LogP contribution in [0.2, 0.25) is 5.02 Å². The number of hydrogen-bond acceptors (Lipinski definition) is 4. The molecule has 3 aromatic rings. The third-order valence-electron chi connectivity index (χ3n) is 2.88. The van der Waals surface area contributed by atoms with Gasteiger partial charge < -0.3 is 10.2 Å². The van der Waals surface area contributed by atoms with Crippen LogP contribution in [-0.4, -0.2) is 4.98 Å². The van der Waals surface area contributed by atoms with Crippen LogP contribution in [0.3, 0.4) is 0 Å². The lowest BCUT2D eigenvalue weighted by atomic mass is 10.3. The Morgan fingerprint density at radius 1 is 1.28 bits per heavy atom. The SMILES string of the molecule is Cc1cc(-c2nc3cc(Cl)c(N)cc3o2)sc1C. The number of thiophene rings is 1. The van der Waals surface area contributed by atoms with Gasteiger partial charge in [-0.1, -0.05) is 11.6 Å². The van der Waals surface area contributed by atoms with E-state index in [-0.39, 0.29) is 0 Å². The van der Waals surface area contributed by atoms with Crippen molar-refractivity contribution in [2.45, 2.75) is 13.8 Å². The smallest absolute Gasteiger partial charge is 0.237 e. The van der Waals surface area contributed by atoms with E-state index >= 15 is 0 Å². The molecule has 5 heteroatoms. The Morgan fingerprint density at radius 2 is 2.06 bits per heavy atom. The number of nitrogens with two attached hydrogens (primary N) is 1. The Balaban J connectivity index is 2.19. The van der Waals surface area contributed by atoms with Gasteiger partial charge in [0.15, 0.2) is 5.58 Å². The molecule has 0 saturated heterocycles. The van der Waals surface area contributed by atoms with Gasteiger partial charge in [-0.2, -0.15) is 0 Å². The number of aromatic nitrogens is 1. The topological polar surface area (TPSA) is 52.0 Å². The molecule has 92 valence electrons. The molecule has 0 aliphatic rings. The van der Waals surface area contributed by atoms with Gasteiger partial charge in [0.25, 0.3) is 0 Å². The summed E-state index contributed by atoms with van der Waals surface area (Å²) in [7, 11) is 0. The standard InChI is InChI=1S/C13H11ClN2OS/c1-6-3-12(18-7(6)2)13-16-10-4-8(14)9(15)5-11(10)17-13/h3-5H,15H2,1-2H3. The Labute approximate surface area is 113 Å². The van der Waals surface area contributed by atoms with Crippen LogP contribution >= 0.6 is 22.9 Å². The van der Waals surface area contributed by atoms with Gasteiger partial charge in [-0.25, -0.2) is 4.98 Å². The molecule has 2 heterocycles. The first-order valence-electron chi connectivity index (χ1n) is 5.47. The zero-order valence-electron chi connectivity index (χ0n) is 9.95. The molecule has 0 aliphatic carbocycles. The molecule has 0 atom stereocenters. The predicted octanol–water partition coefficient (Wildman–Crippen LogP) is 4.41. The molecule has 0 amide bonds. The van der Waals surface area contributed by atoms with Crippen molar-refractivity contribution in [1.29, 1.82) is 0 Å². The quantitative estimate of drug-likeness (QED) is 0.671. The number of nitrogens with zero attached hydrogens (tertiary/aromatic N) is 1. The van der Waals surface area contributed by atoms with E-state index in [2.05, 4.69) is 24.9 Å². The largest absolute Gasteiger partial charge is 0.435 e. The highest BCUT2D eigenvalue weighted by Gasteiger charge is 2.13. The molecule has 0 fully saturated rings. The summed E-state index contributed by atoms with van der Waals surface area (Å²) in [4.78, 5) is 6.74. The van der Waals surface area contributed by atoms with Gasteiger partial charge in [-0.05, 0) is 31.5 Å². The fraction of sp³-hybridized carbons (Fsp3) is 0.154. The molecule has 0 radical (unpaired) electrons. The minimum absolute atomic E-state index is 0.501. The number of nitrogen functional groups attached to an aromatic ring is 1. The third kappa shape index (κ3) is 1.78. The van der Waals surface area contributed by atoms with Gasteiger partial charge in [0.2, 0.25) is 5.89 Å². The van der Waals surface area contributed by atoms with Crippen LogP contribution in [0.25, 0.3) is 21.9 Å². The first kappa shape index (κ1) is 11.6. The normalized spacial score (nSPS) is 11.3. The second-order valence-corrected chi connectivity index (χ2v) is 5.87. The first-order valence-corrected chi connectivity index (χ1v) is 6.67. The maximum Gasteiger partial charge on any atom is 0.237 e. The average molecular weight is 279 g/mol. The molecular formula is C13H11ClN2OS. The van der Waals surface area contributed by atoms with Crippen molar-refractivity contribution in [3.63, 3.8) is 0 Å². The van der Waals surface area contributed by atoms with E-state index in [1.165, 1.54) is 10.4 Å². The van der Waals surface area contributed by atoms with E-state index < -0.39 is 0 Å². The van der Waals surface area contributed by atoms with Gasteiger partial charge >= 0.3 is 0 Å². The fourth-order valence-electron chi connectivity index (χ4n) is 1.75. The van der Waals surface area contributed by atoms with Gasteiger partial charge in [-0.15, -0.1) is 11.3 Å². The van der Waals surface area contributed by atoms with Crippen molar-refractivity contribution in [3.8, 4) is 10.8 Å². The Morgan fingerprint density at radius 3 is 2.72 bits per heavy atom. The van der Waals surface area contributed by atoms with Crippen LogP contribution < -0.4 is 5.73 Å². The maximum atomic E-state index is 5.97. The molecule has 3 rings (SSSR count). The third-order valence-corrected chi connectivity index (χ3v) is 4.35.